The lowest BCUT2D eigenvalue weighted by atomic mass is 10.2. The van der Waals surface area contributed by atoms with Gasteiger partial charge < -0.3 is 10.6 Å². The minimum atomic E-state index is 0. The molecule has 4 nitrogen and oxygen atoms in total. The summed E-state index contributed by atoms with van der Waals surface area (Å²) in [5, 5.41) is 6.97. The average Bonchev–Trinajstić information content (AvgIpc) is 2.45. The minimum Gasteiger partial charge on any atom is -0.352 e. The largest absolute Gasteiger partial charge is 0.352 e. The lowest BCUT2D eigenvalue weighted by molar-refractivity contribution is -0.121. The zero-order valence-electron chi connectivity index (χ0n) is 12.3. The van der Waals surface area contributed by atoms with Gasteiger partial charge in [-0.25, -0.2) is 0 Å². The van der Waals surface area contributed by atoms with E-state index < -0.39 is 0 Å². The van der Waals surface area contributed by atoms with Crippen molar-refractivity contribution in [2.45, 2.75) is 25.9 Å². The molecule has 21 heavy (non-hydrogen) atoms. The van der Waals surface area contributed by atoms with Crippen molar-refractivity contribution in [2.75, 3.05) is 26.2 Å². The molecule has 1 saturated heterocycles. The van der Waals surface area contributed by atoms with Gasteiger partial charge in [0.1, 0.15) is 0 Å². The highest BCUT2D eigenvalue weighted by Crippen LogP contribution is 2.14. The van der Waals surface area contributed by atoms with Crippen LogP contribution in [0.5, 0.6) is 0 Å². The second-order valence-corrected chi connectivity index (χ2v) is 5.61. The van der Waals surface area contributed by atoms with Crippen molar-refractivity contribution in [3.63, 3.8) is 0 Å². The van der Waals surface area contributed by atoms with Gasteiger partial charge in [0.25, 0.3) is 0 Å². The number of benzene rings is 1. The van der Waals surface area contributed by atoms with Crippen molar-refractivity contribution in [3.8, 4) is 0 Å². The molecule has 0 bridgehead atoms. The third-order valence-corrected chi connectivity index (χ3v) is 4.07. The molecule has 118 valence electrons. The van der Waals surface area contributed by atoms with Crippen LogP contribution in [0, 0.1) is 0 Å². The fourth-order valence-corrected chi connectivity index (χ4v) is 2.59. The molecule has 0 saturated carbocycles. The Morgan fingerprint density at radius 3 is 2.95 bits per heavy atom. The first-order valence-corrected chi connectivity index (χ1v) is 7.49. The summed E-state index contributed by atoms with van der Waals surface area (Å²) in [6.07, 6.45) is 0.537. The molecule has 0 aliphatic carbocycles. The Hall–Kier alpha value is -0.810. The molecule has 6 heteroatoms. The van der Waals surface area contributed by atoms with E-state index in [4.69, 9.17) is 11.6 Å². The van der Waals surface area contributed by atoms with E-state index in [2.05, 4.69) is 22.5 Å². The van der Waals surface area contributed by atoms with Crippen LogP contribution in [0.3, 0.4) is 0 Å². The number of rotatable bonds is 5. The fraction of sp³-hybridized carbons (Fsp3) is 0.533. The van der Waals surface area contributed by atoms with Crippen molar-refractivity contribution in [3.05, 3.63) is 34.9 Å². The Kier molecular flexibility index (Phi) is 8.04. The van der Waals surface area contributed by atoms with Crippen molar-refractivity contribution in [2.24, 2.45) is 0 Å². The number of halogens is 2. The first kappa shape index (κ1) is 18.2. The summed E-state index contributed by atoms with van der Waals surface area (Å²) in [5.41, 5.74) is 0.957. The highest BCUT2D eigenvalue weighted by atomic mass is 35.5. The third-order valence-electron chi connectivity index (χ3n) is 3.70. The molecule has 1 heterocycles. The van der Waals surface area contributed by atoms with Crippen LogP contribution in [-0.4, -0.2) is 43.0 Å². The third kappa shape index (κ3) is 5.83. The van der Waals surface area contributed by atoms with E-state index in [9.17, 15) is 4.79 Å². The molecule has 1 aliphatic heterocycles. The van der Waals surface area contributed by atoms with E-state index in [0.29, 0.717) is 24.0 Å². The molecular weight excluding hydrogens is 309 g/mol. The van der Waals surface area contributed by atoms with Crippen LogP contribution in [0.1, 0.15) is 18.9 Å². The maximum Gasteiger partial charge on any atom is 0.221 e. The van der Waals surface area contributed by atoms with Crippen LogP contribution in [0.2, 0.25) is 5.02 Å². The van der Waals surface area contributed by atoms with Crippen LogP contribution in [-0.2, 0) is 11.3 Å². The SMILES string of the molecule is C[C@H]1CNCCN1CCC(=O)NCc1ccccc1Cl.Cl. The van der Waals surface area contributed by atoms with Gasteiger partial charge in [0, 0.05) is 50.2 Å². The quantitative estimate of drug-likeness (QED) is 0.868. The Morgan fingerprint density at radius 1 is 1.48 bits per heavy atom. The summed E-state index contributed by atoms with van der Waals surface area (Å²) < 4.78 is 0. The van der Waals surface area contributed by atoms with Gasteiger partial charge in [-0.15, -0.1) is 12.4 Å². The molecule has 1 amide bonds. The van der Waals surface area contributed by atoms with Crippen LogP contribution in [0.4, 0.5) is 0 Å². The van der Waals surface area contributed by atoms with Crippen molar-refractivity contribution < 1.29 is 4.79 Å². The Morgan fingerprint density at radius 2 is 2.24 bits per heavy atom. The molecular formula is C15H23Cl2N3O. The number of carbonyl (C=O) groups excluding carboxylic acids is 1. The number of nitrogens with zero attached hydrogens (tertiary/aromatic N) is 1. The standard InChI is InChI=1S/C15H22ClN3O.ClH/c1-12-10-17-7-9-19(12)8-6-15(20)18-11-13-4-2-3-5-14(13)16;/h2-5,12,17H,6-11H2,1H3,(H,18,20);1H/t12-;/m0./s1. The maximum absolute atomic E-state index is 11.9. The van der Waals surface area contributed by atoms with E-state index in [1.54, 1.807) is 0 Å². The zero-order chi connectivity index (χ0) is 14.4. The number of amides is 1. The van der Waals surface area contributed by atoms with E-state index in [0.717, 1.165) is 31.7 Å². The van der Waals surface area contributed by atoms with Gasteiger partial charge in [0.15, 0.2) is 0 Å². The number of nitrogens with one attached hydrogen (secondary N) is 2. The molecule has 0 radical (unpaired) electrons. The lowest BCUT2D eigenvalue weighted by Crippen LogP contribution is -2.50. The monoisotopic (exact) mass is 331 g/mol. The number of carbonyl (C=O) groups is 1. The molecule has 0 spiro atoms. The number of piperazine rings is 1. The molecule has 1 aromatic rings. The molecule has 1 aromatic carbocycles. The normalized spacial score (nSPS) is 18.9. The summed E-state index contributed by atoms with van der Waals surface area (Å²) in [4.78, 5) is 14.2. The predicted octanol–water partition coefficient (Wildman–Crippen LogP) is 2.06. The number of hydrogen-bond acceptors (Lipinski definition) is 3. The summed E-state index contributed by atoms with van der Waals surface area (Å²) in [6.45, 7) is 6.52. The van der Waals surface area contributed by atoms with Gasteiger partial charge in [-0.2, -0.15) is 0 Å². The zero-order valence-corrected chi connectivity index (χ0v) is 13.8. The first-order chi connectivity index (χ1) is 9.66. The van der Waals surface area contributed by atoms with Gasteiger partial charge in [0.05, 0.1) is 0 Å². The Bertz CT molecular complexity index is 456. The Labute approximate surface area is 137 Å². The van der Waals surface area contributed by atoms with Gasteiger partial charge in [0.2, 0.25) is 5.91 Å². The fourth-order valence-electron chi connectivity index (χ4n) is 2.38. The average molecular weight is 332 g/mol. The van der Waals surface area contributed by atoms with Gasteiger partial charge in [-0.1, -0.05) is 29.8 Å². The summed E-state index contributed by atoms with van der Waals surface area (Å²) in [5.74, 6) is 0.0793. The van der Waals surface area contributed by atoms with Gasteiger partial charge in [-0.3, -0.25) is 9.69 Å². The summed E-state index contributed by atoms with van der Waals surface area (Å²) in [7, 11) is 0. The van der Waals surface area contributed by atoms with Crippen molar-refractivity contribution >= 4 is 29.9 Å². The van der Waals surface area contributed by atoms with Gasteiger partial charge in [-0.05, 0) is 18.6 Å². The van der Waals surface area contributed by atoms with Crippen LogP contribution in [0.15, 0.2) is 24.3 Å². The van der Waals surface area contributed by atoms with Crippen molar-refractivity contribution in [1.29, 1.82) is 0 Å². The molecule has 1 aliphatic rings. The van der Waals surface area contributed by atoms with E-state index in [1.807, 2.05) is 24.3 Å². The molecule has 2 rings (SSSR count). The molecule has 1 fully saturated rings. The van der Waals surface area contributed by atoms with Crippen LogP contribution < -0.4 is 10.6 Å². The number of hydrogen-bond donors (Lipinski definition) is 2. The minimum absolute atomic E-state index is 0. The van der Waals surface area contributed by atoms with Gasteiger partial charge >= 0.3 is 0 Å². The predicted molar refractivity (Wildman–Crippen MR) is 89.1 cm³/mol. The molecule has 2 N–H and O–H groups in total. The second kappa shape index (κ2) is 9.26. The topological polar surface area (TPSA) is 44.4 Å². The van der Waals surface area contributed by atoms with E-state index in [-0.39, 0.29) is 18.3 Å². The van der Waals surface area contributed by atoms with E-state index >= 15 is 0 Å². The lowest BCUT2D eigenvalue weighted by Gasteiger charge is -2.33. The maximum atomic E-state index is 11.9. The molecule has 0 aromatic heterocycles. The smallest absolute Gasteiger partial charge is 0.221 e. The Balaban J connectivity index is 0.00000220. The second-order valence-electron chi connectivity index (χ2n) is 5.21. The van der Waals surface area contributed by atoms with Crippen molar-refractivity contribution in [1.82, 2.24) is 15.5 Å². The highest BCUT2D eigenvalue weighted by Gasteiger charge is 2.18. The first-order valence-electron chi connectivity index (χ1n) is 7.11. The summed E-state index contributed by atoms with van der Waals surface area (Å²) >= 11 is 6.06. The molecule has 1 atom stereocenters. The molecule has 0 unspecified atom stereocenters. The van der Waals surface area contributed by atoms with E-state index in [1.165, 1.54) is 0 Å². The highest BCUT2D eigenvalue weighted by molar-refractivity contribution is 6.31. The summed E-state index contributed by atoms with van der Waals surface area (Å²) in [6, 6.07) is 8.09. The van der Waals surface area contributed by atoms with Crippen LogP contribution in [0.25, 0.3) is 0 Å². The van der Waals surface area contributed by atoms with Crippen LogP contribution >= 0.6 is 24.0 Å².